The molecule has 0 unspecified atom stereocenters. The van der Waals surface area contributed by atoms with Crippen molar-refractivity contribution in [3.8, 4) is 0 Å². The molecule has 0 aromatic rings. The third-order valence-electron chi connectivity index (χ3n) is 0.766. The maximum absolute atomic E-state index is 11.3. The molecule has 0 radical (unpaired) electrons. The summed E-state index contributed by atoms with van der Waals surface area (Å²) in [4.78, 5) is 20.5. The van der Waals surface area contributed by atoms with Gasteiger partial charge >= 0.3 is 25.2 Å². The van der Waals surface area contributed by atoms with Gasteiger partial charge in [0.05, 0.1) is 0 Å². The van der Waals surface area contributed by atoms with E-state index in [0.29, 0.717) is 0 Å². The number of rotatable bonds is 4. The molecular weight excluding hydrogens is 212 g/mol. The van der Waals surface area contributed by atoms with Crippen LogP contribution in [0.1, 0.15) is 0 Å². The first-order valence-corrected chi connectivity index (χ1v) is 3.07. The zero-order chi connectivity index (χ0) is 11.1. The monoisotopic (exact) mass is 216 g/mol. The average Bonchev–Trinajstić information content (AvgIpc) is 1.98. The third kappa shape index (κ3) is 7.07. The van der Waals surface area contributed by atoms with E-state index in [1.807, 2.05) is 0 Å². The van der Waals surface area contributed by atoms with Gasteiger partial charge in [0.25, 0.3) is 0 Å². The fraction of sp³-hybridized carbons (Fsp3) is 0.333. The Morgan fingerprint density at radius 2 is 1.14 bits per heavy atom. The van der Waals surface area contributed by atoms with Gasteiger partial charge in [-0.3, -0.25) is 0 Å². The second-order valence-electron chi connectivity index (χ2n) is 1.73. The molecule has 0 aromatic carbocycles. The Kier molecular flexibility index (Phi) is 5.27. The molecule has 8 heteroatoms. The average molecular weight is 216 g/mol. The number of carbonyl (C=O) groups is 2. The van der Waals surface area contributed by atoms with Crippen LogP contribution in [0, 0.1) is 0 Å². The van der Waals surface area contributed by atoms with Crippen molar-refractivity contribution in [3.05, 3.63) is 12.2 Å². The normalized spacial score (nSPS) is 11.0. The van der Waals surface area contributed by atoms with E-state index < -0.39 is 25.2 Å². The highest BCUT2D eigenvalue weighted by Gasteiger charge is 2.10. The maximum atomic E-state index is 11.3. The van der Waals surface area contributed by atoms with Gasteiger partial charge in [-0.25, -0.2) is 9.59 Å². The second-order valence-corrected chi connectivity index (χ2v) is 1.73. The molecule has 0 spiro atoms. The molecule has 0 rings (SSSR count). The highest BCUT2D eigenvalue weighted by Crippen LogP contribution is 1.98. The predicted molar refractivity (Wildman–Crippen MR) is 33.3 cm³/mol. The van der Waals surface area contributed by atoms with Gasteiger partial charge in [0, 0.05) is 12.2 Å². The van der Waals surface area contributed by atoms with Crippen molar-refractivity contribution < 1.29 is 36.6 Å². The van der Waals surface area contributed by atoms with Crippen LogP contribution in [-0.2, 0) is 19.1 Å². The molecule has 0 aliphatic rings. The van der Waals surface area contributed by atoms with E-state index in [2.05, 4.69) is 9.47 Å². The minimum Gasteiger partial charge on any atom is -0.400 e. The molecule has 0 bridgehead atoms. The van der Waals surface area contributed by atoms with E-state index in [9.17, 15) is 27.2 Å². The molecule has 0 aromatic heterocycles. The fourth-order valence-electron chi connectivity index (χ4n) is 0.390. The van der Waals surface area contributed by atoms with E-state index in [1.165, 1.54) is 0 Å². The van der Waals surface area contributed by atoms with Gasteiger partial charge in [-0.1, -0.05) is 0 Å². The van der Waals surface area contributed by atoms with Crippen LogP contribution < -0.4 is 0 Å². The van der Waals surface area contributed by atoms with Crippen molar-refractivity contribution in [1.82, 2.24) is 0 Å². The van der Waals surface area contributed by atoms with Crippen LogP contribution in [0.5, 0.6) is 0 Å². The van der Waals surface area contributed by atoms with Crippen LogP contribution in [0.4, 0.5) is 17.6 Å². The van der Waals surface area contributed by atoms with E-state index in [1.54, 1.807) is 0 Å². The summed E-state index contributed by atoms with van der Waals surface area (Å²) in [6.07, 6.45) is 0.494. The summed E-state index contributed by atoms with van der Waals surface area (Å²) in [5.41, 5.74) is 0. The van der Waals surface area contributed by atoms with Gasteiger partial charge in [-0.2, -0.15) is 17.6 Å². The summed E-state index contributed by atoms with van der Waals surface area (Å²) >= 11 is 0. The Morgan fingerprint density at radius 3 is 1.36 bits per heavy atom. The fourth-order valence-corrected chi connectivity index (χ4v) is 0.390. The third-order valence-corrected chi connectivity index (χ3v) is 0.766. The summed E-state index contributed by atoms with van der Waals surface area (Å²) in [6.45, 7) is -6.67. The van der Waals surface area contributed by atoms with Gasteiger partial charge < -0.3 is 9.47 Å². The molecule has 0 saturated carbocycles. The summed E-state index contributed by atoms with van der Waals surface area (Å²) < 4.78 is 51.7. The first-order chi connectivity index (χ1) is 6.41. The zero-order valence-electron chi connectivity index (χ0n) is 6.45. The molecule has 80 valence electrons. The summed E-state index contributed by atoms with van der Waals surface area (Å²) in [5.74, 6) is -3.07. The largest absolute Gasteiger partial charge is 0.400 e. The Balaban J connectivity index is 3.92. The zero-order valence-corrected chi connectivity index (χ0v) is 6.45. The SMILES string of the molecule is O=C(C=CC(=O)OC(F)F)OC(F)F. The topological polar surface area (TPSA) is 52.6 Å². The molecule has 0 N–H and O–H groups in total. The van der Waals surface area contributed by atoms with Crippen molar-refractivity contribution in [2.45, 2.75) is 13.2 Å². The maximum Gasteiger partial charge on any atom is 0.389 e. The van der Waals surface area contributed by atoms with E-state index in [4.69, 9.17) is 0 Å². The van der Waals surface area contributed by atoms with Gasteiger partial charge in [-0.05, 0) is 0 Å². The van der Waals surface area contributed by atoms with Gasteiger partial charge in [0.2, 0.25) is 0 Å². The molecule has 0 saturated heterocycles. The van der Waals surface area contributed by atoms with Crippen molar-refractivity contribution in [2.75, 3.05) is 0 Å². The Bertz CT molecular complexity index is 214. The lowest BCUT2D eigenvalue weighted by atomic mass is 10.5. The minimum atomic E-state index is -3.33. The molecule has 0 amide bonds. The number of hydrogen-bond acceptors (Lipinski definition) is 4. The van der Waals surface area contributed by atoms with E-state index in [0.717, 1.165) is 0 Å². The van der Waals surface area contributed by atoms with Crippen LogP contribution in [0.3, 0.4) is 0 Å². The van der Waals surface area contributed by atoms with Crippen molar-refractivity contribution in [1.29, 1.82) is 0 Å². The van der Waals surface area contributed by atoms with E-state index in [-0.39, 0.29) is 12.2 Å². The van der Waals surface area contributed by atoms with Crippen LogP contribution in [0.25, 0.3) is 0 Å². The smallest absolute Gasteiger partial charge is 0.389 e. The Morgan fingerprint density at radius 1 is 0.857 bits per heavy atom. The first-order valence-electron chi connectivity index (χ1n) is 3.07. The molecule has 0 atom stereocenters. The number of carbonyl (C=O) groups excluding carboxylic acids is 2. The summed E-state index contributed by atoms with van der Waals surface area (Å²) in [7, 11) is 0. The number of alkyl halides is 4. The molecule has 0 fully saturated rings. The highest BCUT2D eigenvalue weighted by molar-refractivity contribution is 5.91. The molecule has 4 nitrogen and oxygen atoms in total. The minimum absolute atomic E-state index is 0.247. The Labute approximate surface area is 75.1 Å². The van der Waals surface area contributed by atoms with Crippen molar-refractivity contribution >= 4 is 11.9 Å². The lowest BCUT2D eigenvalue weighted by molar-refractivity contribution is -0.173. The highest BCUT2D eigenvalue weighted by atomic mass is 19.3. The molecule has 0 heterocycles. The van der Waals surface area contributed by atoms with Crippen LogP contribution >= 0.6 is 0 Å². The molecular formula is C6H4F4O4. The standard InChI is InChI=1S/C6H4F4O4/c7-5(8)13-3(11)1-2-4(12)14-6(9)10/h1-2,5-6H. The van der Waals surface area contributed by atoms with Crippen molar-refractivity contribution in [2.24, 2.45) is 0 Å². The number of ether oxygens (including phenoxy) is 2. The molecule has 0 aliphatic carbocycles. The second kappa shape index (κ2) is 5.95. The van der Waals surface area contributed by atoms with E-state index >= 15 is 0 Å². The first kappa shape index (κ1) is 12.4. The lowest BCUT2D eigenvalue weighted by Crippen LogP contribution is -2.09. The van der Waals surface area contributed by atoms with Crippen molar-refractivity contribution in [3.63, 3.8) is 0 Å². The van der Waals surface area contributed by atoms with Gasteiger partial charge in [0.15, 0.2) is 0 Å². The van der Waals surface area contributed by atoms with Crippen LogP contribution in [0.15, 0.2) is 12.2 Å². The molecule has 0 aliphatic heterocycles. The lowest BCUT2D eigenvalue weighted by Gasteiger charge is -1.98. The van der Waals surface area contributed by atoms with Gasteiger partial charge in [-0.15, -0.1) is 0 Å². The van der Waals surface area contributed by atoms with Gasteiger partial charge in [0.1, 0.15) is 0 Å². The van der Waals surface area contributed by atoms with Crippen LogP contribution in [0.2, 0.25) is 0 Å². The quantitative estimate of drug-likeness (QED) is 0.400. The molecule has 14 heavy (non-hydrogen) atoms. The summed E-state index contributed by atoms with van der Waals surface area (Å²) in [5, 5.41) is 0. The predicted octanol–water partition coefficient (Wildman–Crippen LogP) is 1.07. The number of halogens is 4. The Hall–Kier alpha value is -1.60. The number of hydrogen-bond donors (Lipinski definition) is 0. The summed E-state index contributed by atoms with van der Waals surface area (Å²) in [6, 6.07) is 0. The van der Waals surface area contributed by atoms with Crippen LogP contribution in [-0.4, -0.2) is 25.2 Å². The number of esters is 2.